The van der Waals surface area contributed by atoms with E-state index in [0.29, 0.717) is 5.41 Å². The minimum Gasteiger partial charge on any atom is -0.0683 e. The SMILES string of the molecule is CC.CC1CCC2C3CCCC3C(C)(C)C2C1. The first-order chi connectivity index (χ1) is 8.10. The van der Waals surface area contributed by atoms with Crippen LogP contribution in [0.5, 0.6) is 0 Å². The first kappa shape index (κ1) is 13.4. The van der Waals surface area contributed by atoms with Crippen molar-refractivity contribution in [1.29, 1.82) is 0 Å². The van der Waals surface area contributed by atoms with Crippen LogP contribution in [0.25, 0.3) is 0 Å². The van der Waals surface area contributed by atoms with Crippen LogP contribution in [-0.4, -0.2) is 0 Å². The van der Waals surface area contributed by atoms with Gasteiger partial charge in [0.1, 0.15) is 0 Å². The Morgan fingerprint density at radius 3 is 2.18 bits per heavy atom. The molecule has 0 nitrogen and oxygen atoms in total. The van der Waals surface area contributed by atoms with Gasteiger partial charge in [0.05, 0.1) is 0 Å². The number of hydrogen-bond acceptors (Lipinski definition) is 0. The molecular formula is C17H32. The quantitative estimate of drug-likeness (QED) is 0.519. The van der Waals surface area contributed by atoms with Gasteiger partial charge in [-0.2, -0.15) is 0 Å². The topological polar surface area (TPSA) is 0 Å². The Bertz CT molecular complexity index is 253. The fourth-order valence-electron chi connectivity index (χ4n) is 5.47. The first-order valence-electron chi connectivity index (χ1n) is 8.10. The summed E-state index contributed by atoms with van der Waals surface area (Å²) < 4.78 is 0. The zero-order valence-corrected chi connectivity index (χ0v) is 12.6. The van der Waals surface area contributed by atoms with Crippen molar-refractivity contribution in [3.63, 3.8) is 0 Å². The van der Waals surface area contributed by atoms with Gasteiger partial charge in [-0.15, -0.1) is 0 Å². The largest absolute Gasteiger partial charge is 0.0683 e. The van der Waals surface area contributed by atoms with Crippen LogP contribution < -0.4 is 0 Å². The van der Waals surface area contributed by atoms with Crippen LogP contribution in [0.3, 0.4) is 0 Å². The fraction of sp³-hybridized carbons (Fsp3) is 1.00. The molecule has 3 aliphatic carbocycles. The van der Waals surface area contributed by atoms with Gasteiger partial charge in [0.15, 0.2) is 0 Å². The molecule has 0 aliphatic heterocycles. The Morgan fingerprint density at radius 1 is 0.824 bits per heavy atom. The van der Waals surface area contributed by atoms with E-state index in [1.54, 1.807) is 19.3 Å². The Balaban J connectivity index is 0.000000514. The monoisotopic (exact) mass is 236 g/mol. The van der Waals surface area contributed by atoms with E-state index in [4.69, 9.17) is 0 Å². The predicted molar refractivity (Wildman–Crippen MR) is 76.0 cm³/mol. The Labute approximate surface area is 109 Å². The molecule has 0 spiro atoms. The molecule has 0 heterocycles. The molecule has 3 fully saturated rings. The molecule has 100 valence electrons. The molecule has 3 saturated carbocycles. The average molecular weight is 236 g/mol. The minimum absolute atomic E-state index is 0.667. The van der Waals surface area contributed by atoms with Crippen molar-refractivity contribution in [3.8, 4) is 0 Å². The summed E-state index contributed by atoms with van der Waals surface area (Å²) in [7, 11) is 0. The summed E-state index contributed by atoms with van der Waals surface area (Å²) >= 11 is 0. The van der Waals surface area contributed by atoms with Crippen LogP contribution in [0.1, 0.15) is 73.1 Å². The third kappa shape index (κ3) is 2.06. The van der Waals surface area contributed by atoms with E-state index < -0.39 is 0 Å². The highest BCUT2D eigenvalue weighted by molar-refractivity contribution is 5.05. The molecule has 0 saturated heterocycles. The van der Waals surface area contributed by atoms with Crippen LogP contribution in [0.15, 0.2) is 0 Å². The summed E-state index contributed by atoms with van der Waals surface area (Å²) in [4.78, 5) is 0. The lowest BCUT2D eigenvalue weighted by atomic mass is 9.66. The fourth-order valence-corrected chi connectivity index (χ4v) is 5.47. The van der Waals surface area contributed by atoms with E-state index in [-0.39, 0.29) is 0 Å². The predicted octanol–water partition coefficient (Wildman–Crippen LogP) is 5.52. The molecule has 0 bridgehead atoms. The van der Waals surface area contributed by atoms with Gasteiger partial charge in [0, 0.05) is 0 Å². The maximum atomic E-state index is 2.58. The van der Waals surface area contributed by atoms with Crippen molar-refractivity contribution < 1.29 is 0 Å². The molecule has 0 heteroatoms. The zero-order valence-electron chi connectivity index (χ0n) is 12.6. The van der Waals surface area contributed by atoms with E-state index in [1.807, 2.05) is 13.8 Å². The zero-order chi connectivity index (χ0) is 12.6. The summed E-state index contributed by atoms with van der Waals surface area (Å²) in [6.07, 6.45) is 9.22. The molecule has 5 unspecified atom stereocenters. The molecule has 0 aromatic heterocycles. The van der Waals surface area contributed by atoms with E-state index in [9.17, 15) is 0 Å². The summed E-state index contributed by atoms with van der Waals surface area (Å²) in [5, 5.41) is 0. The summed E-state index contributed by atoms with van der Waals surface area (Å²) in [5.41, 5.74) is 0.667. The first-order valence-corrected chi connectivity index (χ1v) is 8.10. The lowest BCUT2D eigenvalue weighted by molar-refractivity contribution is 0.104. The molecule has 0 aromatic rings. The maximum absolute atomic E-state index is 2.58. The summed E-state index contributed by atoms with van der Waals surface area (Å²) in [6.45, 7) is 11.6. The molecule has 3 rings (SSSR count). The molecule has 0 aromatic carbocycles. The van der Waals surface area contributed by atoms with Gasteiger partial charge in [0.2, 0.25) is 0 Å². The summed E-state index contributed by atoms with van der Waals surface area (Å²) in [6, 6.07) is 0. The maximum Gasteiger partial charge on any atom is -0.0292 e. The molecule has 3 aliphatic rings. The third-order valence-corrected chi connectivity index (χ3v) is 6.20. The number of fused-ring (bicyclic) bond motifs is 3. The third-order valence-electron chi connectivity index (χ3n) is 6.20. The van der Waals surface area contributed by atoms with Gasteiger partial charge in [-0.3, -0.25) is 0 Å². The van der Waals surface area contributed by atoms with Gasteiger partial charge < -0.3 is 0 Å². The molecule has 0 amide bonds. The second-order valence-electron chi connectivity index (χ2n) is 7.21. The molecule has 5 atom stereocenters. The highest BCUT2D eigenvalue weighted by Gasteiger charge is 2.56. The number of rotatable bonds is 0. The summed E-state index contributed by atoms with van der Waals surface area (Å²) in [5.74, 6) is 5.39. The van der Waals surface area contributed by atoms with Gasteiger partial charge >= 0.3 is 0 Å². The van der Waals surface area contributed by atoms with Crippen LogP contribution in [-0.2, 0) is 0 Å². The average Bonchev–Trinajstić information content (AvgIpc) is 2.87. The Morgan fingerprint density at radius 2 is 1.47 bits per heavy atom. The van der Waals surface area contributed by atoms with Gasteiger partial charge in [-0.1, -0.05) is 47.5 Å². The van der Waals surface area contributed by atoms with E-state index in [0.717, 1.165) is 29.6 Å². The lowest BCUT2D eigenvalue weighted by Crippen LogP contribution is -2.31. The smallest absolute Gasteiger partial charge is 0.0292 e. The van der Waals surface area contributed by atoms with E-state index in [1.165, 1.54) is 19.3 Å². The van der Waals surface area contributed by atoms with E-state index in [2.05, 4.69) is 20.8 Å². The molecule has 17 heavy (non-hydrogen) atoms. The minimum atomic E-state index is 0.667. The Kier molecular flexibility index (Phi) is 3.90. The second kappa shape index (κ2) is 4.94. The van der Waals surface area contributed by atoms with Crippen molar-refractivity contribution in [3.05, 3.63) is 0 Å². The van der Waals surface area contributed by atoms with E-state index >= 15 is 0 Å². The highest BCUT2D eigenvalue weighted by Crippen LogP contribution is 2.64. The van der Waals surface area contributed by atoms with Crippen LogP contribution in [0.4, 0.5) is 0 Å². The molecule has 0 radical (unpaired) electrons. The highest BCUT2D eigenvalue weighted by atomic mass is 14.6. The van der Waals surface area contributed by atoms with Crippen molar-refractivity contribution >= 4 is 0 Å². The normalized spacial score (nSPS) is 46.8. The Hall–Kier alpha value is 0. The van der Waals surface area contributed by atoms with Crippen molar-refractivity contribution in [2.75, 3.05) is 0 Å². The van der Waals surface area contributed by atoms with Crippen LogP contribution in [0, 0.1) is 35.0 Å². The van der Waals surface area contributed by atoms with Crippen LogP contribution >= 0.6 is 0 Å². The lowest BCUT2D eigenvalue weighted by Gasteiger charge is -2.39. The van der Waals surface area contributed by atoms with Crippen LogP contribution in [0.2, 0.25) is 0 Å². The van der Waals surface area contributed by atoms with Crippen molar-refractivity contribution in [2.24, 2.45) is 35.0 Å². The van der Waals surface area contributed by atoms with Gasteiger partial charge in [-0.25, -0.2) is 0 Å². The standard InChI is InChI=1S/C15H26.C2H6/c1-10-7-8-12-11-5-4-6-13(11)15(2,3)14(12)9-10;1-2/h10-14H,4-9H2,1-3H3;1-2H3. The van der Waals surface area contributed by atoms with Crippen molar-refractivity contribution in [1.82, 2.24) is 0 Å². The molecule has 0 N–H and O–H groups in total. The number of hydrogen-bond donors (Lipinski definition) is 0. The molecular weight excluding hydrogens is 204 g/mol. The van der Waals surface area contributed by atoms with Gasteiger partial charge in [0.25, 0.3) is 0 Å². The van der Waals surface area contributed by atoms with Crippen molar-refractivity contribution in [2.45, 2.75) is 73.1 Å². The second-order valence-corrected chi connectivity index (χ2v) is 7.21. The van der Waals surface area contributed by atoms with Gasteiger partial charge in [-0.05, 0) is 60.7 Å².